The summed E-state index contributed by atoms with van der Waals surface area (Å²) in [5, 5.41) is 2.91. The van der Waals surface area contributed by atoms with Gasteiger partial charge in [-0.05, 0) is 55.7 Å². The van der Waals surface area contributed by atoms with Gasteiger partial charge in [-0.3, -0.25) is 4.79 Å². The van der Waals surface area contributed by atoms with Crippen LogP contribution in [0.2, 0.25) is 0 Å². The predicted molar refractivity (Wildman–Crippen MR) is 88.2 cm³/mol. The number of fused-ring (bicyclic) bond motifs is 1. The van der Waals surface area contributed by atoms with Gasteiger partial charge < -0.3 is 14.8 Å². The molecule has 2 aliphatic rings. The number of nitrogens with one attached hydrogen (secondary N) is 1. The third-order valence-electron chi connectivity index (χ3n) is 4.51. The van der Waals surface area contributed by atoms with E-state index in [-0.39, 0.29) is 11.3 Å². The van der Waals surface area contributed by atoms with Crippen LogP contribution in [0.5, 0.6) is 11.5 Å². The monoisotopic (exact) mass is 309 g/mol. The van der Waals surface area contributed by atoms with E-state index in [0.717, 1.165) is 29.8 Å². The highest BCUT2D eigenvalue weighted by atomic mass is 16.5. The van der Waals surface area contributed by atoms with Crippen LogP contribution in [-0.2, 0) is 0 Å². The largest absolute Gasteiger partial charge is 0.489 e. The van der Waals surface area contributed by atoms with Gasteiger partial charge in [0.2, 0.25) is 0 Å². The van der Waals surface area contributed by atoms with Crippen molar-refractivity contribution < 1.29 is 14.3 Å². The van der Waals surface area contributed by atoms with E-state index in [1.807, 2.05) is 37.3 Å². The van der Waals surface area contributed by atoms with Crippen LogP contribution in [-0.4, -0.2) is 19.1 Å². The molecule has 2 aromatic carbocycles. The van der Waals surface area contributed by atoms with E-state index in [1.165, 1.54) is 0 Å². The highest BCUT2D eigenvalue weighted by Gasteiger charge is 2.46. The first kappa shape index (κ1) is 14.1. The van der Waals surface area contributed by atoms with Crippen LogP contribution in [0.1, 0.15) is 28.8 Å². The van der Waals surface area contributed by atoms with Crippen molar-refractivity contribution in [3.05, 3.63) is 53.6 Å². The van der Waals surface area contributed by atoms with Crippen molar-refractivity contribution in [3.8, 4) is 11.5 Å². The number of carbonyl (C=O) groups is 1. The molecule has 0 atom stereocenters. The SMILES string of the molecule is Cc1cccc(NC(=O)c2ccc3c(c2)OCC2(CC2)CO3)c1. The van der Waals surface area contributed by atoms with Crippen LogP contribution in [0.15, 0.2) is 42.5 Å². The van der Waals surface area contributed by atoms with E-state index in [4.69, 9.17) is 9.47 Å². The molecule has 0 unspecified atom stereocenters. The highest BCUT2D eigenvalue weighted by Crippen LogP contribution is 2.49. The van der Waals surface area contributed by atoms with Crippen LogP contribution in [0, 0.1) is 12.3 Å². The molecule has 1 aliphatic heterocycles. The molecule has 118 valence electrons. The fourth-order valence-corrected chi connectivity index (χ4v) is 2.78. The van der Waals surface area contributed by atoms with E-state index >= 15 is 0 Å². The van der Waals surface area contributed by atoms with Gasteiger partial charge in [0, 0.05) is 16.7 Å². The fraction of sp³-hybridized carbons (Fsp3) is 0.316. The minimum atomic E-state index is -0.146. The van der Waals surface area contributed by atoms with Gasteiger partial charge in [-0.25, -0.2) is 0 Å². The Labute approximate surface area is 135 Å². The zero-order chi connectivity index (χ0) is 15.9. The molecule has 0 bridgehead atoms. The van der Waals surface area contributed by atoms with Gasteiger partial charge in [0.1, 0.15) is 0 Å². The van der Waals surface area contributed by atoms with Crippen molar-refractivity contribution in [1.82, 2.24) is 0 Å². The Morgan fingerprint density at radius 2 is 1.83 bits per heavy atom. The minimum Gasteiger partial charge on any atom is -0.489 e. The molecule has 1 amide bonds. The topological polar surface area (TPSA) is 47.6 Å². The van der Waals surface area contributed by atoms with Crippen molar-refractivity contribution in [2.75, 3.05) is 18.5 Å². The number of carbonyl (C=O) groups excluding carboxylic acids is 1. The molecule has 1 aliphatic carbocycles. The lowest BCUT2D eigenvalue weighted by molar-refractivity contribution is 0.102. The molecule has 1 N–H and O–H groups in total. The normalized spacial score (nSPS) is 17.4. The summed E-state index contributed by atoms with van der Waals surface area (Å²) in [5.74, 6) is 1.24. The second-order valence-corrected chi connectivity index (χ2v) is 6.56. The summed E-state index contributed by atoms with van der Waals surface area (Å²) in [4.78, 5) is 12.4. The minimum absolute atomic E-state index is 0.146. The molecule has 1 fully saturated rings. The molecular formula is C19H19NO3. The lowest BCUT2D eigenvalue weighted by Crippen LogP contribution is -2.17. The van der Waals surface area contributed by atoms with Crippen molar-refractivity contribution in [1.29, 1.82) is 0 Å². The molecule has 23 heavy (non-hydrogen) atoms. The molecular weight excluding hydrogens is 290 g/mol. The quantitative estimate of drug-likeness (QED) is 0.918. The lowest BCUT2D eigenvalue weighted by atomic mass is 10.1. The number of anilines is 1. The Morgan fingerprint density at radius 3 is 2.57 bits per heavy atom. The molecule has 1 heterocycles. The molecule has 1 saturated carbocycles. The standard InChI is InChI=1S/C19H19NO3/c1-13-3-2-4-15(9-13)20-18(21)14-5-6-16-17(10-14)23-12-19(7-8-19)11-22-16/h2-6,9-10H,7-8,11-12H2,1H3,(H,20,21). The molecule has 1 spiro atoms. The number of ether oxygens (including phenoxy) is 2. The molecule has 0 radical (unpaired) electrons. The third kappa shape index (κ3) is 2.89. The molecule has 4 heteroatoms. The van der Waals surface area contributed by atoms with Crippen molar-refractivity contribution in [2.24, 2.45) is 5.41 Å². The summed E-state index contributed by atoms with van der Waals surface area (Å²) in [6, 6.07) is 13.1. The third-order valence-corrected chi connectivity index (χ3v) is 4.51. The summed E-state index contributed by atoms with van der Waals surface area (Å²) in [7, 11) is 0. The van der Waals surface area contributed by atoms with Gasteiger partial charge in [0.25, 0.3) is 5.91 Å². The number of hydrogen-bond acceptors (Lipinski definition) is 3. The maximum atomic E-state index is 12.4. The van der Waals surface area contributed by atoms with E-state index < -0.39 is 0 Å². The fourth-order valence-electron chi connectivity index (χ4n) is 2.78. The van der Waals surface area contributed by atoms with Gasteiger partial charge in [-0.1, -0.05) is 12.1 Å². The number of rotatable bonds is 2. The van der Waals surface area contributed by atoms with Crippen molar-refractivity contribution in [2.45, 2.75) is 19.8 Å². The average molecular weight is 309 g/mol. The Hall–Kier alpha value is -2.49. The van der Waals surface area contributed by atoms with E-state index in [9.17, 15) is 4.79 Å². The van der Waals surface area contributed by atoms with Crippen LogP contribution < -0.4 is 14.8 Å². The van der Waals surface area contributed by atoms with Gasteiger partial charge in [-0.2, -0.15) is 0 Å². The van der Waals surface area contributed by atoms with Gasteiger partial charge in [-0.15, -0.1) is 0 Å². The van der Waals surface area contributed by atoms with E-state index in [2.05, 4.69) is 5.32 Å². The Kier molecular flexibility index (Phi) is 3.26. The zero-order valence-corrected chi connectivity index (χ0v) is 13.1. The first-order chi connectivity index (χ1) is 11.1. The number of benzene rings is 2. The van der Waals surface area contributed by atoms with Crippen LogP contribution >= 0.6 is 0 Å². The lowest BCUT2D eigenvalue weighted by Gasteiger charge is -2.10. The van der Waals surface area contributed by atoms with Crippen LogP contribution in [0.3, 0.4) is 0 Å². The summed E-state index contributed by atoms with van der Waals surface area (Å²) in [6.07, 6.45) is 2.31. The maximum absolute atomic E-state index is 12.4. The first-order valence-electron chi connectivity index (χ1n) is 7.91. The van der Waals surface area contributed by atoms with Gasteiger partial charge in [0.15, 0.2) is 11.5 Å². The number of aryl methyl sites for hydroxylation is 1. The Morgan fingerprint density at radius 1 is 1.04 bits per heavy atom. The van der Waals surface area contributed by atoms with Crippen molar-refractivity contribution >= 4 is 11.6 Å². The van der Waals surface area contributed by atoms with Gasteiger partial charge >= 0.3 is 0 Å². The summed E-state index contributed by atoms with van der Waals surface area (Å²) >= 11 is 0. The maximum Gasteiger partial charge on any atom is 0.255 e. The second kappa shape index (κ2) is 5.30. The molecule has 4 nitrogen and oxygen atoms in total. The zero-order valence-electron chi connectivity index (χ0n) is 13.1. The highest BCUT2D eigenvalue weighted by molar-refractivity contribution is 6.04. The number of amides is 1. The molecule has 2 aromatic rings. The van der Waals surface area contributed by atoms with E-state index in [1.54, 1.807) is 12.1 Å². The average Bonchev–Trinajstić information content (AvgIpc) is 3.34. The van der Waals surface area contributed by atoms with Crippen LogP contribution in [0.4, 0.5) is 5.69 Å². The summed E-state index contributed by atoms with van der Waals surface area (Å²) < 4.78 is 11.7. The summed E-state index contributed by atoms with van der Waals surface area (Å²) in [6.45, 7) is 3.37. The van der Waals surface area contributed by atoms with E-state index in [0.29, 0.717) is 24.5 Å². The molecule has 4 rings (SSSR count). The van der Waals surface area contributed by atoms with Crippen molar-refractivity contribution in [3.63, 3.8) is 0 Å². The Balaban J connectivity index is 1.53. The second-order valence-electron chi connectivity index (χ2n) is 6.56. The van der Waals surface area contributed by atoms with Crippen LogP contribution in [0.25, 0.3) is 0 Å². The number of hydrogen-bond donors (Lipinski definition) is 1. The smallest absolute Gasteiger partial charge is 0.255 e. The Bertz CT molecular complexity index is 765. The first-order valence-corrected chi connectivity index (χ1v) is 7.91. The van der Waals surface area contributed by atoms with Gasteiger partial charge in [0.05, 0.1) is 13.2 Å². The predicted octanol–water partition coefficient (Wildman–Crippen LogP) is 3.80. The summed E-state index contributed by atoms with van der Waals surface area (Å²) in [5.41, 5.74) is 2.67. The molecule has 0 aromatic heterocycles. The molecule has 0 saturated heterocycles.